The lowest BCUT2D eigenvalue weighted by atomic mass is 10.2. The summed E-state index contributed by atoms with van der Waals surface area (Å²) in [6, 6.07) is 6.80. The number of nitriles is 1. The minimum atomic E-state index is -0.222. The predicted molar refractivity (Wildman–Crippen MR) is 94.3 cm³/mol. The van der Waals surface area contributed by atoms with E-state index in [4.69, 9.17) is 16.9 Å². The minimum absolute atomic E-state index is 0.176. The van der Waals surface area contributed by atoms with Gasteiger partial charge < -0.3 is 5.32 Å². The number of halogens is 1. The molecule has 1 aliphatic carbocycles. The zero-order valence-corrected chi connectivity index (χ0v) is 14.7. The normalized spacial score (nSPS) is 12.5. The van der Waals surface area contributed by atoms with E-state index in [9.17, 15) is 4.79 Å². The molecule has 1 amide bonds. The van der Waals surface area contributed by atoms with Crippen LogP contribution in [0.15, 0.2) is 23.4 Å². The lowest BCUT2D eigenvalue weighted by Crippen LogP contribution is -2.15. The molecule has 0 bridgehead atoms. The molecule has 3 rings (SSSR count). The van der Waals surface area contributed by atoms with Gasteiger partial charge in [0.05, 0.1) is 17.0 Å². The number of nitrogens with zero attached hydrogens (tertiary/aromatic N) is 3. The van der Waals surface area contributed by atoms with Gasteiger partial charge in [-0.2, -0.15) is 5.26 Å². The first-order valence-corrected chi connectivity index (χ1v) is 8.92. The van der Waals surface area contributed by atoms with Gasteiger partial charge in [0.1, 0.15) is 6.07 Å². The van der Waals surface area contributed by atoms with Crippen molar-refractivity contribution in [3.8, 4) is 6.07 Å². The number of anilines is 1. The van der Waals surface area contributed by atoms with Crippen LogP contribution in [0.3, 0.4) is 0 Å². The van der Waals surface area contributed by atoms with Crippen LogP contribution in [-0.2, 0) is 17.6 Å². The third-order valence-corrected chi connectivity index (χ3v) is 4.91. The lowest BCUT2D eigenvalue weighted by molar-refractivity contribution is -0.113. The molecule has 1 aliphatic rings. The van der Waals surface area contributed by atoms with E-state index in [1.807, 2.05) is 13.0 Å². The van der Waals surface area contributed by atoms with Crippen molar-refractivity contribution in [1.29, 1.82) is 5.26 Å². The second kappa shape index (κ2) is 7.20. The standard InChI is InChI=1S/C17H15ClN4OS/c1-10-13-3-2-4-14(13)22-17(20-10)24-9-16(23)21-15-7-12(18)6-5-11(15)8-19/h5-7H,2-4,9H2,1H3,(H,21,23). The molecule has 7 heteroatoms. The third-order valence-electron chi connectivity index (χ3n) is 3.83. The summed E-state index contributed by atoms with van der Waals surface area (Å²) in [6.45, 7) is 1.99. The van der Waals surface area contributed by atoms with Gasteiger partial charge in [-0.1, -0.05) is 23.4 Å². The number of carbonyl (C=O) groups is 1. The molecule has 122 valence electrons. The van der Waals surface area contributed by atoms with E-state index >= 15 is 0 Å². The maximum absolute atomic E-state index is 12.1. The van der Waals surface area contributed by atoms with Gasteiger partial charge in [0.2, 0.25) is 5.91 Å². The van der Waals surface area contributed by atoms with Gasteiger partial charge in [0, 0.05) is 16.4 Å². The first kappa shape index (κ1) is 16.7. The molecule has 5 nitrogen and oxygen atoms in total. The predicted octanol–water partition coefficient (Wildman–Crippen LogP) is 3.53. The lowest BCUT2D eigenvalue weighted by Gasteiger charge is -2.08. The van der Waals surface area contributed by atoms with E-state index in [0.29, 0.717) is 21.4 Å². The average Bonchev–Trinajstić information content (AvgIpc) is 3.02. The van der Waals surface area contributed by atoms with Crippen molar-refractivity contribution in [2.75, 3.05) is 11.1 Å². The van der Waals surface area contributed by atoms with Crippen molar-refractivity contribution in [3.63, 3.8) is 0 Å². The number of aromatic nitrogens is 2. The van der Waals surface area contributed by atoms with Crippen molar-refractivity contribution < 1.29 is 4.79 Å². The van der Waals surface area contributed by atoms with E-state index in [2.05, 4.69) is 15.3 Å². The molecule has 0 radical (unpaired) electrons. The Morgan fingerprint density at radius 3 is 3.04 bits per heavy atom. The number of fused-ring (bicyclic) bond motifs is 1. The maximum Gasteiger partial charge on any atom is 0.234 e. The van der Waals surface area contributed by atoms with Gasteiger partial charge in [0.25, 0.3) is 0 Å². The van der Waals surface area contributed by atoms with Gasteiger partial charge in [-0.05, 0) is 49.9 Å². The number of rotatable bonds is 4. The van der Waals surface area contributed by atoms with Crippen molar-refractivity contribution in [2.45, 2.75) is 31.3 Å². The Morgan fingerprint density at radius 2 is 2.25 bits per heavy atom. The van der Waals surface area contributed by atoms with Gasteiger partial charge in [-0.25, -0.2) is 9.97 Å². The molecule has 1 N–H and O–H groups in total. The Labute approximate surface area is 149 Å². The Hall–Kier alpha value is -2.10. The fourth-order valence-electron chi connectivity index (χ4n) is 2.69. The van der Waals surface area contributed by atoms with Crippen molar-refractivity contribution in [3.05, 3.63) is 45.7 Å². The molecule has 0 unspecified atom stereocenters. The summed E-state index contributed by atoms with van der Waals surface area (Å²) in [5.74, 6) is -0.0455. The van der Waals surface area contributed by atoms with E-state index in [0.717, 1.165) is 30.7 Å². The maximum atomic E-state index is 12.1. The first-order chi connectivity index (χ1) is 11.6. The van der Waals surface area contributed by atoms with E-state index in [-0.39, 0.29) is 11.7 Å². The second-order valence-corrected chi connectivity index (χ2v) is 6.89. The number of amides is 1. The van der Waals surface area contributed by atoms with E-state index < -0.39 is 0 Å². The first-order valence-electron chi connectivity index (χ1n) is 7.55. The number of aryl methyl sites for hydroxylation is 2. The summed E-state index contributed by atoms with van der Waals surface area (Å²) in [5.41, 5.74) is 4.15. The van der Waals surface area contributed by atoms with Crippen LogP contribution in [0.25, 0.3) is 0 Å². The fraction of sp³-hybridized carbons (Fsp3) is 0.294. The molecule has 1 aromatic heterocycles. The molecule has 0 aliphatic heterocycles. The molecule has 0 atom stereocenters. The monoisotopic (exact) mass is 358 g/mol. The van der Waals surface area contributed by atoms with Gasteiger partial charge in [-0.3, -0.25) is 4.79 Å². The van der Waals surface area contributed by atoms with Crippen LogP contribution in [0.1, 0.15) is 28.9 Å². The van der Waals surface area contributed by atoms with Crippen LogP contribution in [0.4, 0.5) is 5.69 Å². The number of hydrogen-bond acceptors (Lipinski definition) is 5. The number of hydrogen-bond donors (Lipinski definition) is 1. The molecular weight excluding hydrogens is 344 g/mol. The quantitative estimate of drug-likeness (QED) is 0.668. The molecule has 2 aromatic rings. The van der Waals surface area contributed by atoms with Crippen LogP contribution in [0, 0.1) is 18.3 Å². The molecule has 1 aromatic carbocycles. The molecule has 0 spiro atoms. The van der Waals surface area contributed by atoms with Crippen LogP contribution >= 0.6 is 23.4 Å². The number of carbonyl (C=O) groups excluding carboxylic acids is 1. The van der Waals surface area contributed by atoms with Crippen molar-refractivity contribution in [1.82, 2.24) is 9.97 Å². The highest BCUT2D eigenvalue weighted by Crippen LogP contribution is 2.26. The average molecular weight is 359 g/mol. The Kier molecular flexibility index (Phi) is 5.03. The fourth-order valence-corrected chi connectivity index (χ4v) is 3.57. The highest BCUT2D eigenvalue weighted by atomic mass is 35.5. The Balaban J connectivity index is 1.66. The van der Waals surface area contributed by atoms with Crippen LogP contribution in [0.5, 0.6) is 0 Å². The van der Waals surface area contributed by atoms with Gasteiger partial charge in [0.15, 0.2) is 5.16 Å². The largest absolute Gasteiger partial charge is 0.324 e. The topological polar surface area (TPSA) is 78.7 Å². The van der Waals surface area contributed by atoms with Gasteiger partial charge >= 0.3 is 0 Å². The summed E-state index contributed by atoms with van der Waals surface area (Å²) in [5, 5.41) is 12.9. The second-order valence-electron chi connectivity index (χ2n) is 5.51. The molecule has 1 heterocycles. The smallest absolute Gasteiger partial charge is 0.234 e. The van der Waals surface area contributed by atoms with E-state index in [1.165, 1.54) is 17.3 Å². The summed E-state index contributed by atoms with van der Waals surface area (Å²) in [7, 11) is 0. The Morgan fingerprint density at radius 1 is 1.42 bits per heavy atom. The van der Waals surface area contributed by atoms with Gasteiger partial charge in [-0.15, -0.1) is 0 Å². The zero-order chi connectivity index (χ0) is 17.1. The van der Waals surface area contributed by atoms with Crippen LogP contribution < -0.4 is 5.32 Å². The molecule has 0 fully saturated rings. The van der Waals surface area contributed by atoms with E-state index in [1.54, 1.807) is 18.2 Å². The zero-order valence-electron chi connectivity index (χ0n) is 13.1. The highest BCUT2D eigenvalue weighted by molar-refractivity contribution is 7.99. The van der Waals surface area contributed by atoms with Crippen LogP contribution in [0.2, 0.25) is 5.02 Å². The van der Waals surface area contributed by atoms with Crippen LogP contribution in [-0.4, -0.2) is 21.6 Å². The summed E-state index contributed by atoms with van der Waals surface area (Å²) >= 11 is 7.21. The van der Waals surface area contributed by atoms with Crippen molar-refractivity contribution >= 4 is 35.0 Å². The molecule has 24 heavy (non-hydrogen) atoms. The molecule has 0 saturated heterocycles. The molecule has 0 saturated carbocycles. The number of benzene rings is 1. The Bertz CT molecular complexity index is 847. The third kappa shape index (κ3) is 3.69. The minimum Gasteiger partial charge on any atom is -0.324 e. The molecular formula is C17H15ClN4OS. The number of nitrogens with one attached hydrogen (secondary N) is 1. The number of thioether (sulfide) groups is 1. The summed E-state index contributed by atoms with van der Waals surface area (Å²) in [6.07, 6.45) is 3.13. The summed E-state index contributed by atoms with van der Waals surface area (Å²) in [4.78, 5) is 21.2. The van der Waals surface area contributed by atoms with Crippen molar-refractivity contribution in [2.24, 2.45) is 0 Å². The summed E-state index contributed by atoms with van der Waals surface area (Å²) < 4.78 is 0. The highest BCUT2D eigenvalue weighted by Gasteiger charge is 2.17. The SMILES string of the molecule is Cc1nc(SCC(=O)Nc2cc(Cl)ccc2C#N)nc2c1CCC2.